The molecule has 0 aromatic heterocycles. The van der Waals surface area contributed by atoms with E-state index >= 15 is 0 Å². The van der Waals surface area contributed by atoms with Gasteiger partial charge in [0.2, 0.25) is 0 Å². The number of hydrogen-bond donors (Lipinski definition) is 1. The summed E-state index contributed by atoms with van der Waals surface area (Å²) >= 11 is 0. The van der Waals surface area contributed by atoms with E-state index in [2.05, 4.69) is 37.4 Å². The second kappa shape index (κ2) is 2.81. The standard InChI is InChI=1S/C11H15N/c1-8-3-4-10-9(2)5-6-12-11(10)7-8/h3-4,7,9,12H,5-6H2,1-2H3/t9-/m1/s1. The molecule has 2 rings (SSSR count). The molecule has 1 heteroatoms. The van der Waals surface area contributed by atoms with Crippen molar-refractivity contribution in [1.29, 1.82) is 0 Å². The first-order valence-electron chi connectivity index (χ1n) is 4.62. The molecule has 0 unspecified atom stereocenters. The zero-order valence-corrected chi connectivity index (χ0v) is 7.72. The van der Waals surface area contributed by atoms with Gasteiger partial charge in [-0.05, 0) is 36.5 Å². The van der Waals surface area contributed by atoms with Gasteiger partial charge in [-0.3, -0.25) is 0 Å². The Labute approximate surface area is 73.8 Å². The molecule has 0 fully saturated rings. The molecule has 0 amide bonds. The minimum atomic E-state index is 0.724. The molecule has 1 aliphatic rings. The van der Waals surface area contributed by atoms with Crippen LogP contribution in [0.5, 0.6) is 0 Å². The lowest BCUT2D eigenvalue weighted by Crippen LogP contribution is -2.14. The van der Waals surface area contributed by atoms with Gasteiger partial charge >= 0.3 is 0 Å². The first-order valence-corrected chi connectivity index (χ1v) is 4.62. The summed E-state index contributed by atoms with van der Waals surface area (Å²) in [5.74, 6) is 0.724. The summed E-state index contributed by atoms with van der Waals surface area (Å²) in [6.07, 6.45) is 1.26. The molecule has 1 aromatic rings. The molecule has 64 valence electrons. The average Bonchev–Trinajstić information content (AvgIpc) is 2.04. The van der Waals surface area contributed by atoms with Crippen LogP contribution in [0.15, 0.2) is 18.2 Å². The Morgan fingerprint density at radius 1 is 1.42 bits per heavy atom. The molecular formula is C11H15N. The summed E-state index contributed by atoms with van der Waals surface area (Å²) in [6.45, 7) is 5.56. The smallest absolute Gasteiger partial charge is 0.0378 e. The molecule has 1 nitrogen and oxygen atoms in total. The van der Waals surface area contributed by atoms with Crippen LogP contribution in [-0.4, -0.2) is 6.54 Å². The van der Waals surface area contributed by atoms with E-state index < -0.39 is 0 Å². The van der Waals surface area contributed by atoms with Gasteiger partial charge in [0.1, 0.15) is 0 Å². The summed E-state index contributed by atoms with van der Waals surface area (Å²) < 4.78 is 0. The van der Waals surface area contributed by atoms with Crippen molar-refractivity contribution in [2.75, 3.05) is 11.9 Å². The van der Waals surface area contributed by atoms with Gasteiger partial charge in [-0.25, -0.2) is 0 Å². The van der Waals surface area contributed by atoms with Crippen LogP contribution in [0.3, 0.4) is 0 Å². The zero-order valence-electron chi connectivity index (χ0n) is 7.72. The Morgan fingerprint density at radius 2 is 2.25 bits per heavy atom. The Kier molecular flexibility index (Phi) is 1.80. The fraction of sp³-hybridized carbons (Fsp3) is 0.455. The van der Waals surface area contributed by atoms with E-state index in [0.29, 0.717) is 0 Å². The third-order valence-corrected chi connectivity index (χ3v) is 2.63. The van der Waals surface area contributed by atoms with Crippen LogP contribution in [0, 0.1) is 6.92 Å². The zero-order chi connectivity index (χ0) is 8.55. The maximum absolute atomic E-state index is 3.43. The van der Waals surface area contributed by atoms with Crippen molar-refractivity contribution in [3.8, 4) is 0 Å². The lowest BCUT2D eigenvalue weighted by molar-refractivity contribution is 0.683. The first-order chi connectivity index (χ1) is 5.77. The van der Waals surface area contributed by atoms with E-state index in [1.165, 1.54) is 23.2 Å². The molecule has 1 atom stereocenters. The van der Waals surface area contributed by atoms with Crippen molar-refractivity contribution >= 4 is 5.69 Å². The molecule has 0 bridgehead atoms. The highest BCUT2D eigenvalue weighted by atomic mass is 14.9. The first kappa shape index (κ1) is 7.66. The number of benzene rings is 1. The molecular weight excluding hydrogens is 146 g/mol. The molecule has 0 spiro atoms. The second-order valence-electron chi connectivity index (χ2n) is 3.71. The van der Waals surface area contributed by atoms with Gasteiger partial charge in [-0.15, -0.1) is 0 Å². The number of fused-ring (bicyclic) bond motifs is 1. The van der Waals surface area contributed by atoms with Crippen LogP contribution in [0.4, 0.5) is 5.69 Å². The quantitative estimate of drug-likeness (QED) is 0.617. The third-order valence-electron chi connectivity index (χ3n) is 2.63. The van der Waals surface area contributed by atoms with Crippen LogP contribution < -0.4 is 5.32 Å². The number of hydrogen-bond acceptors (Lipinski definition) is 1. The number of rotatable bonds is 0. The number of anilines is 1. The van der Waals surface area contributed by atoms with Gasteiger partial charge in [0.25, 0.3) is 0 Å². The van der Waals surface area contributed by atoms with Crippen molar-refractivity contribution in [2.24, 2.45) is 0 Å². The van der Waals surface area contributed by atoms with Crippen LogP contribution in [0.2, 0.25) is 0 Å². The van der Waals surface area contributed by atoms with Crippen LogP contribution in [0.1, 0.15) is 30.4 Å². The summed E-state index contributed by atoms with van der Waals surface area (Å²) in [6, 6.07) is 6.69. The lowest BCUT2D eigenvalue weighted by Gasteiger charge is -2.24. The minimum absolute atomic E-state index is 0.724. The van der Waals surface area contributed by atoms with E-state index in [-0.39, 0.29) is 0 Å². The van der Waals surface area contributed by atoms with Gasteiger partial charge in [-0.2, -0.15) is 0 Å². The summed E-state index contributed by atoms with van der Waals surface area (Å²) in [7, 11) is 0. The van der Waals surface area contributed by atoms with Gasteiger partial charge in [0.15, 0.2) is 0 Å². The Bertz CT molecular complexity index is 291. The highest BCUT2D eigenvalue weighted by Crippen LogP contribution is 2.31. The normalized spacial score (nSPS) is 21.3. The van der Waals surface area contributed by atoms with Gasteiger partial charge < -0.3 is 5.32 Å². The van der Waals surface area contributed by atoms with Crippen molar-refractivity contribution in [2.45, 2.75) is 26.2 Å². The maximum atomic E-state index is 3.43. The molecule has 1 N–H and O–H groups in total. The predicted molar refractivity (Wildman–Crippen MR) is 52.7 cm³/mol. The Morgan fingerprint density at radius 3 is 3.08 bits per heavy atom. The Balaban J connectivity index is 2.46. The van der Waals surface area contributed by atoms with E-state index in [4.69, 9.17) is 0 Å². The maximum Gasteiger partial charge on any atom is 0.0378 e. The second-order valence-corrected chi connectivity index (χ2v) is 3.71. The van der Waals surface area contributed by atoms with Crippen molar-refractivity contribution in [1.82, 2.24) is 0 Å². The largest absolute Gasteiger partial charge is 0.385 e. The van der Waals surface area contributed by atoms with Gasteiger partial charge in [-0.1, -0.05) is 19.1 Å². The molecule has 1 aliphatic heterocycles. The number of nitrogens with one attached hydrogen (secondary N) is 1. The van der Waals surface area contributed by atoms with Crippen molar-refractivity contribution < 1.29 is 0 Å². The molecule has 0 aliphatic carbocycles. The topological polar surface area (TPSA) is 12.0 Å². The summed E-state index contributed by atoms with van der Waals surface area (Å²) in [4.78, 5) is 0. The molecule has 0 saturated carbocycles. The summed E-state index contributed by atoms with van der Waals surface area (Å²) in [5.41, 5.74) is 4.16. The number of aryl methyl sites for hydroxylation is 1. The SMILES string of the molecule is Cc1ccc2c(c1)NCC[C@H]2C. The highest BCUT2D eigenvalue weighted by Gasteiger charge is 2.14. The monoisotopic (exact) mass is 161 g/mol. The van der Waals surface area contributed by atoms with Gasteiger partial charge in [0.05, 0.1) is 0 Å². The Hall–Kier alpha value is -0.980. The fourth-order valence-electron chi connectivity index (χ4n) is 1.83. The predicted octanol–water partition coefficient (Wildman–Crippen LogP) is 2.91. The van der Waals surface area contributed by atoms with Gasteiger partial charge in [0, 0.05) is 12.2 Å². The van der Waals surface area contributed by atoms with Crippen LogP contribution in [-0.2, 0) is 0 Å². The lowest BCUT2D eigenvalue weighted by atomic mass is 9.92. The molecule has 1 aromatic carbocycles. The highest BCUT2D eigenvalue weighted by molar-refractivity contribution is 5.56. The van der Waals surface area contributed by atoms with Crippen molar-refractivity contribution in [3.05, 3.63) is 29.3 Å². The molecule has 1 heterocycles. The third kappa shape index (κ3) is 1.20. The van der Waals surface area contributed by atoms with E-state index in [0.717, 1.165) is 12.5 Å². The van der Waals surface area contributed by atoms with E-state index in [9.17, 15) is 0 Å². The van der Waals surface area contributed by atoms with E-state index in [1.807, 2.05) is 0 Å². The molecule has 12 heavy (non-hydrogen) atoms. The van der Waals surface area contributed by atoms with Crippen LogP contribution in [0.25, 0.3) is 0 Å². The fourth-order valence-corrected chi connectivity index (χ4v) is 1.83. The van der Waals surface area contributed by atoms with Crippen molar-refractivity contribution in [3.63, 3.8) is 0 Å². The molecule has 0 saturated heterocycles. The summed E-state index contributed by atoms with van der Waals surface area (Å²) in [5, 5.41) is 3.43. The minimum Gasteiger partial charge on any atom is -0.385 e. The average molecular weight is 161 g/mol. The molecule has 0 radical (unpaired) electrons. The van der Waals surface area contributed by atoms with E-state index in [1.54, 1.807) is 0 Å². The van der Waals surface area contributed by atoms with Crippen LogP contribution >= 0.6 is 0 Å².